The van der Waals surface area contributed by atoms with Gasteiger partial charge < -0.3 is 20.9 Å². The number of halogens is 3. The summed E-state index contributed by atoms with van der Waals surface area (Å²) in [7, 11) is 0. The zero-order chi connectivity index (χ0) is 19.9. The normalized spacial score (nSPS) is 14.1. The van der Waals surface area contributed by atoms with Crippen LogP contribution in [0.4, 0.5) is 0 Å². The van der Waals surface area contributed by atoms with Gasteiger partial charge in [0.2, 0.25) is 0 Å². The van der Waals surface area contributed by atoms with Gasteiger partial charge in [0.25, 0.3) is 0 Å². The molecule has 0 radical (unpaired) electrons. The molecule has 2 aromatic rings. The van der Waals surface area contributed by atoms with Crippen molar-refractivity contribution in [2.24, 2.45) is 11.5 Å². The van der Waals surface area contributed by atoms with Crippen LogP contribution in [0.2, 0.25) is 0 Å². The highest BCUT2D eigenvalue weighted by molar-refractivity contribution is 5.95. The van der Waals surface area contributed by atoms with E-state index in [9.17, 15) is 0 Å². The monoisotopic (exact) mass is 489 g/mol. The molecule has 1 aliphatic rings. The highest BCUT2D eigenvalue weighted by Gasteiger charge is 2.23. The SMILES string of the molecule is Cl.Cl.Cl.N=C(N)c1ccc(OCC(Oc2ccc(C(=N)N)cc2)N2CCCCC2)cc1. The topological polar surface area (TPSA) is 121 Å². The smallest absolute Gasteiger partial charge is 0.186 e. The van der Waals surface area contributed by atoms with Crippen molar-refractivity contribution in [3.05, 3.63) is 59.7 Å². The molecule has 31 heavy (non-hydrogen) atoms. The molecule has 1 heterocycles. The highest BCUT2D eigenvalue weighted by Crippen LogP contribution is 2.20. The van der Waals surface area contributed by atoms with Gasteiger partial charge in [-0.15, -0.1) is 37.2 Å². The molecular weight excluding hydrogens is 461 g/mol. The van der Waals surface area contributed by atoms with E-state index in [-0.39, 0.29) is 55.1 Å². The van der Waals surface area contributed by atoms with E-state index in [1.54, 1.807) is 24.3 Å². The van der Waals surface area contributed by atoms with Gasteiger partial charge in [-0.1, -0.05) is 6.42 Å². The number of nitrogens with two attached hydrogens (primary N) is 2. The van der Waals surface area contributed by atoms with E-state index in [4.69, 9.17) is 31.8 Å². The van der Waals surface area contributed by atoms with Crippen LogP contribution in [0, 0.1) is 10.8 Å². The van der Waals surface area contributed by atoms with Gasteiger partial charge in [-0.3, -0.25) is 15.7 Å². The standard InChI is InChI=1S/C21H27N5O2.3ClH/c22-20(23)15-4-8-17(9-5-15)27-14-19(26-12-2-1-3-13-26)28-18-10-6-16(7-11-18)21(24)25;;;/h4-11,19H,1-3,12-14H2,(H3,22,23)(H3,24,25);3*1H. The number of hydrogen-bond donors (Lipinski definition) is 4. The Morgan fingerprint density at radius 2 is 1.23 bits per heavy atom. The molecule has 3 rings (SSSR count). The van der Waals surface area contributed by atoms with Crippen LogP contribution in [-0.4, -0.2) is 42.5 Å². The molecule has 7 nitrogen and oxygen atoms in total. The molecule has 1 fully saturated rings. The van der Waals surface area contributed by atoms with Crippen molar-refractivity contribution < 1.29 is 9.47 Å². The second-order valence-corrected chi connectivity index (χ2v) is 6.86. The van der Waals surface area contributed by atoms with Crippen molar-refractivity contribution in [2.75, 3.05) is 19.7 Å². The van der Waals surface area contributed by atoms with Gasteiger partial charge in [0.05, 0.1) is 0 Å². The molecule has 0 spiro atoms. The van der Waals surface area contributed by atoms with Crippen LogP contribution in [0.5, 0.6) is 11.5 Å². The summed E-state index contributed by atoms with van der Waals surface area (Å²) in [4.78, 5) is 2.30. The van der Waals surface area contributed by atoms with E-state index in [2.05, 4.69) is 4.90 Å². The van der Waals surface area contributed by atoms with Crippen LogP contribution < -0.4 is 20.9 Å². The zero-order valence-electron chi connectivity index (χ0n) is 17.1. The predicted molar refractivity (Wildman–Crippen MR) is 132 cm³/mol. The molecule has 172 valence electrons. The first-order valence-corrected chi connectivity index (χ1v) is 9.45. The fraction of sp³-hybridized carbons (Fsp3) is 0.333. The Morgan fingerprint density at radius 3 is 1.68 bits per heavy atom. The number of amidine groups is 2. The van der Waals surface area contributed by atoms with Gasteiger partial charge in [-0.2, -0.15) is 0 Å². The summed E-state index contributed by atoms with van der Waals surface area (Å²) in [5, 5.41) is 15.0. The van der Waals surface area contributed by atoms with Crippen LogP contribution in [0.1, 0.15) is 30.4 Å². The van der Waals surface area contributed by atoms with Gasteiger partial charge in [0, 0.05) is 24.2 Å². The minimum absolute atomic E-state index is 0. The fourth-order valence-electron chi connectivity index (χ4n) is 3.19. The summed E-state index contributed by atoms with van der Waals surface area (Å²) in [5.74, 6) is 1.50. The van der Waals surface area contributed by atoms with Crippen LogP contribution in [-0.2, 0) is 0 Å². The van der Waals surface area contributed by atoms with Crippen LogP contribution in [0.15, 0.2) is 48.5 Å². The van der Waals surface area contributed by atoms with Gasteiger partial charge in [0.1, 0.15) is 29.8 Å². The van der Waals surface area contributed by atoms with Gasteiger partial charge in [-0.05, 0) is 61.4 Å². The summed E-state index contributed by atoms with van der Waals surface area (Å²) >= 11 is 0. The maximum Gasteiger partial charge on any atom is 0.186 e. The average molecular weight is 491 g/mol. The van der Waals surface area contributed by atoms with Gasteiger partial charge in [-0.25, -0.2) is 0 Å². The molecule has 0 aliphatic carbocycles. The Balaban J connectivity index is 0.00000300. The van der Waals surface area contributed by atoms with Crippen molar-refractivity contribution in [1.29, 1.82) is 10.8 Å². The molecule has 2 aromatic carbocycles. The van der Waals surface area contributed by atoms with E-state index >= 15 is 0 Å². The largest absolute Gasteiger partial charge is 0.488 e. The molecule has 1 saturated heterocycles. The Kier molecular flexibility index (Phi) is 13.0. The lowest BCUT2D eigenvalue weighted by Crippen LogP contribution is -2.46. The lowest BCUT2D eigenvalue weighted by atomic mass is 10.1. The maximum atomic E-state index is 7.50. The lowest BCUT2D eigenvalue weighted by molar-refractivity contribution is -0.0183. The number of nitrogens with one attached hydrogen (secondary N) is 2. The van der Waals surface area contributed by atoms with Crippen molar-refractivity contribution in [1.82, 2.24) is 4.90 Å². The number of piperidine rings is 1. The second kappa shape index (κ2) is 14.0. The molecule has 0 aromatic heterocycles. The third-order valence-electron chi connectivity index (χ3n) is 4.79. The van der Waals surface area contributed by atoms with Crippen LogP contribution in [0.3, 0.4) is 0 Å². The molecule has 1 atom stereocenters. The number of nitrogen functional groups attached to an aromatic ring is 2. The number of nitrogens with zero attached hydrogens (tertiary/aromatic N) is 1. The van der Waals surface area contributed by atoms with Crippen LogP contribution >= 0.6 is 37.2 Å². The fourth-order valence-corrected chi connectivity index (χ4v) is 3.19. The number of ether oxygens (including phenoxy) is 2. The molecule has 1 unspecified atom stereocenters. The summed E-state index contributed by atoms with van der Waals surface area (Å²) in [6, 6.07) is 14.4. The summed E-state index contributed by atoms with van der Waals surface area (Å²) in [5.41, 5.74) is 12.3. The summed E-state index contributed by atoms with van der Waals surface area (Å²) in [6.07, 6.45) is 3.33. The van der Waals surface area contributed by atoms with Crippen molar-refractivity contribution >= 4 is 48.9 Å². The Labute approximate surface area is 201 Å². The molecule has 0 bridgehead atoms. The molecule has 10 heteroatoms. The van der Waals surface area contributed by atoms with Gasteiger partial charge in [0.15, 0.2) is 6.23 Å². The molecule has 0 saturated carbocycles. The van der Waals surface area contributed by atoms with E-state index in [1.807, 2.05) is 24.3 Å². The van der Waals surface area contributed by atoms with E-state index in [0.29, 0.717) is 23.5 Å². The minimum Gasteiger partial charge on any atom is -0.488 e. The Bertz CT molecular complexity index is 813. The predicted octanol–water partition coefficient (Wildman–Crippen LogP) is 3.79. The first-order valence-electron chi connectivity index (χ1n) is 9.45. The van der Waals surface area contributed by atoms with Crippen molar-refractivity contribution in [2.45, 2.75) is 25.5 Å². The number of likely N-dealkylation sites (tertiary alicyclic amines) is 1. The number of benzene rings is 2. The number of hydrogen-bond acceptors (Lipinski definition) is 5. The van der Waals surface area contributed by atoms with Gasteiger partial charge >= 0.3 is 0 Å². The molecule has 1 aliphatic heterocycles. The maximum absolute atomic E-state index is 7.50. The minimum atomic E-state index is -0.212. The lowest BCUT2D eigenvalue weighted by Gasteiger charge is -2.34. The Hall–Kier alpha value is -2.19. The molecular formula is C21H30Cl3N5O2. The molecule has 6 N–H and O–H groups in total. The second-order valence-electron chi connectivity index (χ2n) is 6.86. The van der Waals surface area contributed by atoms with Crippen LogP contribution in [0.25, 0.3) is 0 Å². The zero-order valence-corrected chi connectivity index (χ0v) is 19.5. The van der Waals surface area contributed by atoms with E-state index in [0.717, 1.165) is 31.7 Å². The number of rotatable bonds is 8. The Morgan fingerprint density at radius 1 is 0.774 bits per heavy atom. The summed E-state index contributed by atoms with van der Waals surface area (Å²) in [6.45, 7) is 2.33. The molecule has 0 amide bonds. The van der Waals surface area contributed by atoms with E-state index < -0.39 is 0 Å². The quantitative estimate of drug-likeness (QED) is 0.331. The average Bonchev–Trinajstić information content (AvgIpc) is 2.72. The van der Waals surface area contributed by atoms with Crippen molar-refractivity contribution in [3.8, 4) is 11.5 Å². The first-order chi connectivity index (χ1) is 13.5. The summed E-state index contributed by atoms with van der Waals surface area (Å²) < 4.78 is 12.2. The van der Waals surface area contributed by atoms with Crippen molar-refractivity contribution in [3.63, 3.8) is 0 Å². The van der Waals surface area contributed by atoms with E-state index in [1.165, 1.54) is 6.42 Å². The highest BCUT2D eigenvalue weighted by atomic mass is 35.5. The third-order valence-corrected chi connectivity index (χ3v) is 4.79. The first kappa shape index (κ1) is 28.8. The third kappa shape index (κ3) is 8.45.